The van der Waals surface area contributed by atoms with E-state index in [9.17, 15) is 8.78 Å². The molecule has 0 spiro atoms. The minimum Gasteiger partial charge on any atom is -0.435 e. The van der Waals surface area contributed by atoms with Crippen molar-refractivity contribution in [3.8, 4) is 5.75 Å². The van der Waals surface area contributed by atoms with Crippen LogP contribution in [0.2, 0.25) is 0 Å². The molecule has 0 radical (unpaired) electrons. The van der Waals surface area contributed by atoms with Crippen LogP contribution in [0.5, 0.6) is 5.75 Å². The summed E-state index contributed by atoms with van der Waals surface area (Å²) in [5, 5.41) is 0. The first-order valence-electron chi connectivity index (χ1n) is 3.69. The van der Waals surface area contributed by atoms with Crippen LogP contribution in [0, 0.1) is 0 Å². The Hall–Kier alpha value is -1.45. The third-order valence-corrected chi connectivity index (χ3v) is 1.36. The highest BCUT2D eigenvalue weighted by molar-refractivity contribution is 5.79. The summed E-state index contributed by atoms with van der Waals surface area (Å²) in [5.74, 6) is 0.146. The summed E-state index contributed by atoms with van der Waals surface area (Å²) in [6.45, 7) is -2.78. The molecule has 0 atom stereocenters. The minimum atomic E-state index is -2.78. The topological polar surface area (TPSA) is 21.6 Å². The van der Waals surface area contributed by atoms with Crippen molar-refractivity contribution in [1.29, 1.82) is 0 Å². The van der Waals surface area contributed by atoms with Crippen LogP contribution >= 0.6 is 0 Å². The summed E-state index contributed by atoms with van der Waals surface area (Å²) in [7, 11) is 1.61. The predicted octanol–water partition coefficient (Wildman–Crippen LogP) is 2.34. The molecule has 0 amide bonds. The Balaban J connectivity index is 2.79. The van der Waals surface area contributed by atoms with E-state index >= 15 is 0 Å². The molecule has 0 N–H and O–H groups in total. The van der Waals surface area contributed by atoms with Crippen LogP contribution in [0.1, 0.15) is 5.56 Å². The molecule has 0 unspecified atom stereocenters. The van der Waals surface area contributed by atoms with Gasteiger partial charge in [0.25, 0.3) is 0 Å². The molecule has 70 valence electrons. The van der Waals surface area contributed by atoms with Crippen LogP contribution in [0.3, 0.4) is 0 Å². The highest BCUT2D eigenvalue weighted by Gasteiger charge is 2.03. The molecule has 13 heavy (non-hydrogen) atoms. The van der Waals surface area contributed by atoms with Crippen molar-refractivity contribution in [3.63, 3.8) is 0 Å². The van der Waals surface area contributed by atoms with Gasteiger partial charge in [0.2, 0.25) is 0 Å². The summed E-state index contributed by atoms with van der Waals surface area (Å²) < 4.78 is 27.8. The maximum Gasteiger partial charge on any atom is 0.387 e. The maximum absolute atomic E-state index is 11.8. The van der Waals surface area contributed by atoms with Crippen molar-refractivity contribution in [2.45, 2.75) is 6.61 Å². The van der Waals surface area contributed by atoms with E-state index in [1.807, 2.05) is 0 Å². The number of halogens is 2. The number of aliphatic imine (C=N–C) groups is 1. The molecule has 0 aliphatic carbocycles. The van der Waals surface area contributed by atoms with Crippen molar-refractivity contribution in [1.82, 2.24) is 0 Å². The van der Waals surface area contributed by atoms with Crippen molar-refractivity contribution >= 4 is 6.21 Å². The van der Waals surface area contributed by atoms with E-state index in [1.165, 1.54) is 12.1 Å². The van der Waals surface area contributed by atoms with Gasteiger partial charge in [-0.1, -0.05) is 12.1 Å². The first-order chi connectivity index (χ1) is 6.22. The molecular formula is C9H9F2NO. The van der Waals surface area contributed by atoms with E-state index in [4.69, 9.17) is 0 Å². The van der Waals surface area contributed by atoms with Gasteiger partial charge in [0.1, 0.15) is 5.75 Å². The van der Waals surface area contributed by atoms with Gasteiger partial charge in [-0.05, 0) is 17.7 Å². The van der Waals surface area contributed by atoms with E-state index in [-0.39, 0.29) is 5.75 Å². The maximum atomic E-state index is 11.8. The number of alkyl halides is 2. The smallest absolute Gasteiger partial charge is 0.387 e. The molecular weight excluding hydrogens is 176 g/mol. The predicted molar refractivity (Wildman–Crippen MR) is 46.6 cm³/mol. The Morgan fingerprint density at radius 3 is 2.85 bits per heavy atom. The normalized spacial score (nSPS) is 11.1. The minimum absolute atomic E-state index is 0.146. The molecule has 0 bridgehead atoms. The van der Waals surface area contributed by atoms with Crippen molar-refractivity contribution in [2.75, 3.05) is 7.05 Å². The largest absolute Gasteiger partial charge is 0.435 e. The molecule has 4 heteroatoms. The van der Waals surface area contributed by atoms with Gasteiger partial charge in [0.15, 0.2) is 0 Å². The average molecular weight is 185 g/mol. The Kier molecular flexibility index (Phi) is 3.37. The summed E-state index contributed by atoms with van der Waals surface area (Å²) in [6, 6.07) is 6.36. The van der Waals surface area contributed by atoms with Crippen LogP contribution in [0.15, 0.2) is 29.3 Å². The van der Waals surface area contributed by atoms with Gasteiger partial charge in [-0.15, -0.1) is 0 Å². The van der Waals surface area contributed by atoms with E-state index in [2.05, 4.69) is 9.73 Å². The van der Waals surface area contributed by atoms with Crippen LogP contribution in [-0.2, 0) is 0 Å². The summed E-state index contributed by atoms with van der Waals surface area (Å²) in [4.78, 5) is 3.76. The summed E-state index contributed by atoms with van der Waals surface area (Å²) in [6.07, 6.45) is 1.57. The van der Waals surface area contributed by atoms with Crippen LogP contribution in [0.4, 0.5) is 8.78 Å². The van der Waals surface area contributed by atoms with E-state index in [0.29, 0.717) is 0 Å². The van der Waals surface area contributed by atoms with Crippen LogP contribution < -0.4 is 4.74 Å². The third-order valence-electron chi connectivity index (χ3n) is 1.36. The summed E-state index contributed by atoms with van der Waals surface area (Å²) in [5.41, 5.74) is 0.737. The second-order valence-corrected chi connectivity index (χ2v) is 2.34. The number of hydrogen-bond acceptors (Lipinski definition) is 2. The molecule has 0 aromatic heterocycles. The highest BCUT2D eigenvalue weighted by Crippen LogP contribution is 2.14. The monoisotopic (exact) mass is 185 g/mol. The second kappa shape index (κ2) is 4.54. The van der Waals surface area contributed by atoms with Crippen molar-refractivity contribution < 1.29 is 13.5 Å². The Labute approximate surface area is 74.9 Å². The zero-order chi connectivity index (χ0) is 9.68. The number of nitrogens with zero attached hydrogens (tertiary/aromatic N) is 1. The Bertz CT molecular complexity index is 299. The van der Waals surface area contributed by atoms with Gasteiger partial charge in [0.05, 0.1) is 0 Å². The molecule has 0 aliphatic heterocycles. The molecule has 1 aromatic carbocycles. The molecule has 1 rings (SSSR count). The zero-order valence-electron chi connectivity index (χ0n) is 7.08. The lowest BCUT2D eigenvalue weighted by Crippen LogP contribution is -2.01. The molecule has 0 heterocycles. The van der Waals surface area contributed by atoms with Gasteiger partial charge in [-0.2, -0.15) is 8.78 Å². The summed E-state index contributed by atoms with van der Waals surface area (Å²) >= 11 is 0. The van der Waals surface area contributed by atoms with Gasteiger partial charge in [0, 0.05) is 13.3 Å². The fourth-order valence-corrected chi connectivity index (χ4v) is 0.920. The van der Waals surface area contributed by atoms with Gasteiger partial charge < -0.3 is 4.74 Å². The Morgan fingerprint density at radius 2 is 2.23 bits per heavy atom. The molecule has 0 saturated carbocycles. The lowest BCUT2D eigenvalue weighted by atomic mass is 10.2. The van der Waals surface area contributed by atoms with Crippen molar-refractivity contribution in [3.05, 3.63) is 29.8 Å². The van der Waals surface area contributed by atoms with E-state index < -0.39 is 6.61 Å². The molecule has 0 aliphatic rings. The number of hydrogen-bond donors (Lipinski definition) is 0. The molecule has 0 saturated heterocycles. The van der Waals surface area contributed by atoms with Gasteiger partial charge in [-0.25, -0.2) is 0 Å². The fourth-order valence-electron chi connectivity index (χ4n) is 0.920. The SMILES string of the molecule is CN=Cc1cccc(OC(F)F)c1. The number of ether oxygens (including phenoxy) is 1. The fraction of sp³-hybridized carbons (Fsp3) is 0.222. The van der Waals surface area contributed by atoms with Gasteiger partial charge in [-0.3, -0.25) is 4.99 Å². The third kappa shape index (κ3) is 3.19. The highest BCUT2D eigenvalue weighted by atomic mass is 19.3. The van der Waals surface area contributed by atoms with Crippen LogP contribution in [-0.4, -0.2) is 19.9 Å². The Morgan fingerprint density at radius 1 is 1.46 bits per heavy atom. The number of rotatable bonds is 3. The quantitative estimate of drug-likeness (QED) is 0.662. The zero-order valence-corrected chi connectivity index (χ0v) is 7.08. The first kappa shape index (κ1) is 9.64. The van der Waals surface area contributed by atoms with Gasteiger partial charge >= 0.3 is 6.61 Å². The molecule has 0 fully saturated rings. The second-order valence-electron chi connectivity index (χ2n) is 2.34. The lowest BCUT2D eigenvalue weighted by molar-refractivity contribution is -0.0498. The first-order valence-corrected chi connectivity index (χ1v) is 3.69. The lowest BCUT2D eigenvalue weighted by Gasteiger charge is -2.03. The standard InChI is InChI=1S/C9H9F2NO/c1-12-6-7-3-2-4-8(5-7)13-9(10)11/h2-6,9H,1H3. The molecule has 2 nitrogen and oxygen atoms in total. The van der Waals surface area contributed by atoms with Crippen molar-refractivity contribution in [2.24, 2.45) is 4.99 Å². The van der Waals surface area contributed by atoms with Crippen LogP contribution in [0.25, 0.3) is 0 Å². The average Bonchev–Trinajstić information content (AvgIpc) is 2.04. The number of benzene rings is 1. The molecule has 1 aromatic rings. The van der Waals surface area contributed by atoms with E-state index in [1.54, 1.807) is 25.4 Å². The van der Waals surface area contributed by atoms with E-state index in [0.717, 1.165) is 5.56 Å².